The Bertz CT molecular complexity index is 418. The highest BCUT2D eigenvalue weighted by atomic mass is 32.2. The van der Waals surface area contributed by atoms with E-state index >= 15 is 0 Å². The molecule has 0 aliphatic carbocycles. The van der Waals surface area contributed by atoms with E-state index in [1.165, 1.54) is 0 Å². The van der Waals surface area contributed by atoms with Crippen LogP contribution in [-0.2, 0) is 19.1 Å². The number of carbonyl (C=O) groups excluding carboxylic acids is 1. The normalized spacial score (nSPS) is 12.7. The lowest BCUT2D eigenvalue weighted by Gasteiger charge is -2.10. The van der Waals surface area contributed by atoms with Gasteiger partial charge in [-0.3, -0.25) is 4.99 Å². The van der Waals surface area contributed by atoms with Crippen molar-refractivity contribution in [3.05, 3.63) is 0 Å². The Morgan fingerprint density at radius 1 is 1.25 bits per heavy atom. The largest absolute Gasteiger partial charge is 0.370 e. The van der Waals surface area contributed by atoms with Crippen LogP contribution in [0.15, 0.2) is 4.99 Å². The van der Waals surface area contributed by atoms with E-state index in [0.717, 1.165) is 12.8 Å². The number of nitrogens with zero attached hydrogens (tertiary/aromatic N) is 1. The molecule has 118 valence electrons. The highest BCUT2D eigenvalue weighted by Gasteiger charge is 2.22. The molecule has 0 aliphatic heterocycles. The lowest BCUT2D eigenvalue weighted by molar-refractivity contribution is -0.135. The van der Waals surface area contributed by atoms with Gasteiger partial charge in [-0.05, 0) is 19.3 Å². The van der Waals surface area contributed by atoms with Crippen LogP contribution in [0.4, 0.5) is 0 Å². The summed E-state index contributed by atoms with van der Waals surface area (Å²) in [7, 11) is -3.84. The summed E-state index contributed by atoms with van der Waals surface area (Å²) in [4.78, 5) is 15.2. The molecule has 0 spiro atoms. The van der Waals surface area contributed by atoms with Crippen LogP contribution < -0.4 is 17.2 Å². The van der Waals surface area contributed by atoms with Crippen molar-refractivity contribution in [2.75, 3.05) is 12.3 Å². The van der Waals surface area contributed by atoms with Crippen LogP contribution in [0, 0.1) is 0 Å². The quantitative estimate of drug-likeness (QED) is 0.211. The zero-order chi connectivity index (χ0) is 15.6. The Morgan fingerprint density at radius 3 is 2.45 bits per heavy atom. The van der Waals surface area contributed by atoms with Crippen molar-refractivity contribution in [2.24, 2.45) is 22.2 Å². The summed E-state index contributed by atoms with van der Waals surface area (Å²) in [5.74, 6) is -1.15. The molecule has 0 rings (SSSR count). The number of guanidine groups is 1. The van der Waals surface area contributed by atoms with Crippen molar-refractivity contribution in [1.82, 2.24) is 0 Å². The summed E-state index contributed by atoms with van der Waals surface area (Å²) in [6, 6.07) is -0.995. The molecule has 1 atom stereocenters. The molecule has 9 heteroatoms. The Morgan fingerprint density at radius 2 is 1.90 bits per heavy atom. The van der Waals surface area contributed by atoms with Crippen molar-refractivity contribution in [3.8, 4) is 0 Å². The second-order valence-electron chi connectivity index (χ2n) is 4.43. The molecule has 0 aromatic heterocycles. The molecular formula is C11H24N4O4S. The summed E-state index contributed by atoms with van der Waals surface area (Å²) >= 11 is 0. The highest BCUT2D eigenvalue weighted by molar-refractivity contribution is 7.87. The van der Waals surface area contributed by atoms with Gasteiger partial charge in [0.15, 0.2) is 5.96 Å². The summed E-state index contributed by atoms with van der Waals surface area (Å²) in [5.41, 5.74) is 15.8. The van der Waals surface area contributed by atoms with E-state index in [4.69, 9.17) is 17.2 Å². The van der Waals surface area contributed by atoms with E-state index in [1.54, 1.807) is 0 Å². The second kappa shape index (κ2) is 9.54. The van der Waals surface area contributed by atoms with Gasteiger partial charge in [0.2, 0.25) is 0 Å². The Hall–Kier alpha value is -1.35. The molecule has 0 saturated heterocycles. The first kappa shape index (κ1) is 18.7. The number of nitrogens with two attached hydrogens (primary N) is 3. The topological polar surface area (TPSA) is 151 Å². The number of hydrogen-bond acceptors (Lipinski definition) is 6. The van der Waals surface area contributed by atoms with Crippen LogP contribution in [0.1, 0.15) is 39.0 Å². The molecular weight excluding hydrogens is 284 g/mol. The first-order valence-corrected chi connectivity index (χ1v) is 8.13. The maximum absolute atomic E-state index is 11.5. The Kier molecular flexibility index (Phi) is 8.89. The minimum atomic E-state index is -3.84. The average molecular weight is 308 g/mol. The van der Waals surface area contributed by atoms with Crippen LogP contribution in [0.3, 0.4) is 0 Å². The first-order valence-electron chi connectivity index (χ1n) is 6.55. The number of rotatable bonds is 10. The van der Waals surface area contributed by atoms with Crippen LogP contribution in [0.2, 0.25) is 0 Å². The molecule has 0 radical (unpaired) electrons. The molecule has 20 heavy (non-hydrogen) atoms. The second-order valence-corrected chi connectivity index (χ2v) is 6.12. The van der Waals surface area contributed by atoms with Crippen LogP contribution in [-0.4, -0.2) is 38.7 Å². The Labute approximate surface area is 119 Å². The summed E-state index contributed by atoms with van der Waals surface area (Å²) in [5, 5.41) is 0. The van der Waals surface area contributed by atoms with Gasteiger partial charge in [-0.1, -0.05) is 19.8 Å². The van der Waals surface area contributed by atoms with Gasteiger partial charge in [-0.2, -0.15) is 8.42 Å². The fourth-order valence-corrected chi connectivity index (χ4v) is 2.41. The molecule has 0 unspecified atom stereocenters. The number of aliphatic imine (C=N–C) groups is 1. The predicted octanol–water partition coefficient (Wildman–Crippen LogP) is -0.569. The zero-order valence-corrected chi connectivity index (χ0v) is 12.6. The van der Waals surface area contributed by atoms with Crippen LogP contribution in [0.25, 0.3) is 0 Å². The molecule has 0 aliphatic rings. The van der Waals surface area contributed by atoms with Gasteiger partial charge in [-0.15, -0.1) is 0 Å². The Balaban J connectivity index is 4.08. The van der Waals surface area contributed by atoms with Crippen molar-refractivity contribution in [2.45, 2.75) is 45.1 Å². The summed E-state index contributed by atoms with van der Waals surface area (Å²) < 4.78 is 27.4. The molecule has 0 aromatic carbocycles. The van der Waals surface area contributed by atoms with Gasteiger partial charge in [0.1, 0.15) is 6.04 Å². The van der Waals surface area contributed by atoms with Gasteiger partial charge < -0.3 is 21.4 Å². The molecule has 0 saturated carbocycles. The molecule has 0 aromatic rings. The minimum absolute atomic E-state index is 0.0420. The third-order valence-electron chi connectivity index (χ3n) is 2.48. The smallest absolute Gasteiger partial charge is 0.338 e. The highest BCUT2D eigenvalue weighted by Crippen LogP contribution is 2.05. The number of hydrogen-bond donors (Lipinski definition) is 3. The van der Waals surface area contributed by atoms with Gasteiger partial charge >= 0.3 is 16.1 Å². The average Bonchev–Trinajstić information content (AvgIpc) is 2.33. The van der Waals surface area contributed by atoms with Crippen molar-refractivity contribution < 1.29 is 17.4 Å². The zero-order valence-electron chi connectivity index (χ0n) is 11.7. The van der Waals surface area contributed by atoms with E-state index in [9.17, 15) is 13.2 Å². The fourth-order valence-electron chi connectivity index (χ4n) is 1.39. The maximum Gasteiger partial charge on any atom is 0.338 e. The standard InChI is InChI=1S/C11H24N4O4S/c1-2-3-4-8-20(17,18)19-10(16)9(12)6-5-7-15-11(13)14/h9H,2-8,12H2,1H3,(H4,13,14,15)/t9-/m0/s1. The third-order valence-corrected chi connectivity index (χ3v) is 3.68. The van der Waals surface area contributed by atoms with E-state index in [1.807, 2.05) is 6.92 Å². The lowest BCUT2D eigenvalue weighted by atomic mass is 10.2. The van der Waals surface area contributed by atoms with E-state index in [2.05, 4.69) is 9.18 Å². The first-order chi connectivity index (χ1) is 9.28. The van der Waals surface area contributed by atoms with E-state index in [-0.39, 0.29) is 18.1 Å². The SMILES string of the molecule is CCCCCS(=O)(=O)OC(=O)[C@@H](N)CCCN=C(N)N. The van der Waals surface area contributed by atoms with Crippen molar-refractivity contribution in [1.29, 1.82) is 0 Å². The molecule has 0 bridgehead atoms. The lowest BCUT2D eigenvalue weighted by Crippen LogP contribution is -2.34. The fraction of sp³-hybridized carbons (Fsp3) is 0.818. The van der Waals surface area contributed by atoms with Crippen LogP contribution >= 0.6 is 0 Å². The minimum Gasteiger partial charge on any atom is -0.370 e. The molecule has 0 heterocycles. The van der Waals surface area contributed by atoms with E-state index in [0.29, 0.717) is 19.4 Å². The molecule has 0 fully saturated rings. The monoisotopic (exact) mass is 308 g/mol. The summed E-state index contributed by atoms with van der Waals surface area (Å²) in [6.07, 6.45) is 2.82. The van der Waals surface area contributed by atoms with E-state index < -0.39 is 22.1 Å². The van der Waals surface area contributed by atoms with Crippen molar-refractivity contribution in [3.63, 3.8) is 0 Å². The number of carbonyl (C=O) groups is 1. The van der Waals surface area contributed by atoms with Gasteiger partial charge in [0.05, 0.1) is 5.75 Å². The molecule has 6 N–H and O–H groups in total. The van der Waals surface area contributed by atoms with Gasteiger partial charge in [-0.25, -0.2) is 4.79 Å². The van der Waals surface area contributed by atoms with Crippen LogP contribution in [0.5, 0.6) is 0 Å². The molecule has 0 amide bonds. The summed E-state index contributed by atoms with van der Waals surface area (Å²) in [6.45, 7) is 2.28. The third kappa shape index (κ3) is 9.56. The number of unbranched alkanes of at least 4 members (excludes halogenated alkanes) is 2. The van der Waals surface area contributed by atoms with Gasteiger partial charge in [0.25, 0.3) is 0 Å². The molecule has 8 nitrogen and oxygen atoms in total. The van der Waals surface area contributed by atoms with Gasteiger partial charge in [0, 0.05) is 6.54 Å². The van der Waals surface area contributed by atoms with Crippen molar-refractivity contribution >= 4 is 22.0 Å². The predicted molar refractivity (Wildman–Crippen MR) is 77.3 cm³/mol. The maximum atomic E-state index is 11.5.